The van der Waals surface area contributed by atoms with Crippen LogP contribution in [0.25, 0.3) is 0 Å². The number of carbonyl (C=O) groups is 2. The largest absolute Gasteiger partial charge is 0.492 e. The minimum absolute atomic E-state index is 0.104. The van der Waals surface area contributed by atoms with Gasteiger partial charge in [-0.25, -0.2) is 17.6 Å². The fourth-order valence-corrected chi connectivity index (χ4v) is 8.39. The van der Waals surface area contributed by atoms with E-state index >= 15 is 0 Å². The first-order valence-corrected chi connectivity index (χ1v) is 22.6. The third-order valence-electron chi connectivity index (χ3n) is 12.2. The van der Waals surface area contributed by atoms with Crippen LogP contribution < -0.4 is 20.1 Å². The molecule has 66 heavy (non-hydrogen) atoms. The van der Waals surface area contributed by atoms with Gasteiger partial charge in [-0.2, -0.15) is 0 Å². The van der Waals surface area contributed by atoms with Crippen LogP contribution in [0.4, 0.5) is 17.6 Å². The number of carbonyl (C=O) groups excluding carboxylic acids is 2. The minimum Gasteiger partial charge on any atom is -0.492 e. The molecule has 2 N–H and O–H groups in total. The van der Waals surface area contributed by atoms with E-state index in [9.17, 15) is 27.2 Å². The zero-order valence-electron chi connectivity index (χ0n) is 36.8. The predicted octanol–water partition coefficient (Wildman–Crippen LogP) is 9.92. The van der Waals surface area contributed by atoms with E-state index < -0.39 is 23.7 Å². The minimum atomic E-state index is -0.670. The van der Waals surface area contributed by atoms with Crippen LogP contribution in [0.15, 0.2) is 158 Å². The van der Waals surface area contributed by atoms with Gasteiger partial charge in [-0.3, -0.25) is 19.4 Å². The van der Waals surface area contributed by atoms with Gasteiger partial charge in [0.2, 0.25) is 11.8 Å². The Morgan fingerprint density at radius 2 is 0.803 bits per heavy atom. The van der Waals surface area contributed by atoms with Gasteiger partial charge in [0, 0.05) is 36.1 Å². The van der Waals surface area contributed by atoms with Gasteiger partial charge in [0.15, 0.2) is 0 Å². The summed E-state index contributed by atoms with van der Waals surface area (Å²) in [6.07, 6.45) is 2.91. The maximum Gasteiger partial charge on any atom is 0.223 e. The molecule has 344 valence electrons. The molecule has 6 aromatic carbocycles. The SMILES string of the molecule is O=C(NC(c1ccc(F)cc1)c1ccccc1F)C1CCN(CCOc2ccccc2)CC1.O=C(NC(c1ccc(F)cc1)c1ccccc1F)C1CCN(CCOc2ccccc2)CC1. The summed E-state index contributed by atoms with van der Waals surface area (Å²) in [5.74, 6) is -0.348. The van der Waals surface area contributed by atoms with Crippen LogP contribution >= 0.6 is 0 Å². The van der Waals surface area contributed by atoms with Crippen molar-refractivity contribution in [3.05, 3.63) is 203 Å². The van der Waals surface area contributed by atoms with Crippen LogP contribution in [0.1, 0.15) is 60.0 Å². The average molecular weight is 901 g/mol. The van der Waals surface area contributed by atoms with E-state index in [0.29, 0.717) is 35.5 Å². The van der Waals surface area contributed by atoms with Crippen molar-refractivity contribution < 1.29 is 36.6 Å². The van der Waals surface area contributed by atoms with Gasteiger partial charge in [-0.05, 0) is 124 Å². The van der Waals surface area contributed by atoms with Crippen molar-refractivity contribution in [2.24, 2.45) is 11.8 Å². The molecule has 2 aliphatic heterocycles. The molecule has 0 saturated carbocycles. The molecular formula is C54H56F4N4O4. The van der Waals surface area contributed by atoms with Crippen molar-refractivity contribution >= 4 is 11.8 Å². The molecule has 12 heteroatoms. The summed E-state index contributed by atoms with van der Waals surface area (Å²) in [7, 11) is 0. The lowest BCUT2D eigenvalue weighted by molar-refractivity contribution is -0.127. The first-order chi connectivity index (χ1) is 32.2. The number of hydrogen-bond acceptors (Lipinski definition) is 6. The van der Waals surface area contributed by atoms with Gasteiger partial charge < -0.3 is 20.1 Å². The highest BCUT2D eigenvalue weighted by Crippen LogP contribution is 2.29. The topological polar surface area (TPSA) is 83.1 Å². The van der Waals surface area contributed by atoms with Crippen LogP contribution in [0.3, 0.4) is 0 Å². The molecule has 2 unspecified atom stereocenters. The maximum atomic E-state index is 14.5. The lowest BCUT2D eigenvalue weighted by Crippen LogP contribution is -2.43. The standard InChI is InChI=1S/2C27H28F2N2O2/c2*28-22-12-10-20(11-13-22)26(24-8-4-5-9-25(24)29)30-27(32)21-14-16-31(17-15-21)18-19-33-23-6-2-1-3-7-23/h2*1-13,21,26H,14-19H2,(H,30,32). The number of nitrogens with zero attached hydrogens (tertiary/aromatic N) is 2. The van der Waals surface area contributed by atoms with E-state index in [-0.39, 0.29) is 35.3 Å². The molecule has 0 aromatic heterocycles. The highest BCUT2D eigenvalue weighted by Gasteiger charge is 2.30. The molecule has 0 bridgehead atoms. The number of nitrogens with one attached hydrogen (secondary N) is 2. The normalized spacial score (nSPS) is 15.7. The predicted molar refractivity (Wildman–Crippen MR) is 248 cm³/mol. The molecule has 2 fully saturated rings. The third kappa shape index (κ3) is 13.8. The van der Waals surface area contributed by atoms with Crippen LogP contribution in [0, 0.1) is 35.1 Å². The second-order valence-corrected chi connectivity index (χ2v) is 16.6. The number of benzene rings is 6. The summed E-state index contributed by atoms with van der Waals surface area (Å²) < 4.78 is 67.5. The molecule has 2 saturated heterocycles. The second kappa shape index (κ2) is 24.1. The molecule has 2 amide bonds. The number of ether oxygens (including phenoxy) is 2. The van der Waals surface area contributed by atoms with Crippen LogP contribution in [-0.4, -0.2) is 74.1 Å². The summed E-state index contributed by atoms with van der Waals surface area (Å²) >= 11 is 0. The first kappa shape index (κ1) is 47.5. The van der Waals surface area contributed by atoms with Crippen LogP contribution in [-0.2, 0) is 9.59 Å². The molecule has 0 aliphatic carbocycles. The Bertz CT molecular complexity index is 2240. The fourth-order valence-electron chi connectivity index (χ4n) is 8.39. The van der Waals surface area contributed by atoms with Crippen LogP contribution in [0.2, 0.25) is 0 Å². The summed E-state index contributed by atoms with van der Waals surface area (Å²) in [5.41, 5.74) is 2.02. The Kier molecular flexibility index (Phi) is 17.4. The monoisotopic (exact) mass is 900 g/mol. The molecule has 0 radical (unpaired) electrons. The Hall–Kier alpha value is -6.50. The summed E-state index contributed by atoms with van der Waals surface area (Å²) in [6.45, 7) is 6.01. The number of likely N-dealkylation sites (tertiary alicyclic amines) is 2. The van der Waals surface area contributed by atoms with E-state index in [2.05, 4.69) is 20.4 Å². The third-order valence-corrected chi connectivity index (χ3v) is 12.2. The first-order valence-electron chi connectivity index (χ1n) is 22.6. The van der Waals surface area contributed by atoms with Crippen molar-refractivity contribution in [2.45, 2.75) is 37.8 Å². The zero-order valence-corrected chi connectivity index (χ0v) is 36.8. The molecule has 8 rings (SSSR count). The number of rotatable bonds is 16. The number of piperidine rings is 2. The number of amides is 2. The lowest BCUT2D eigenvalue weighted by Gasteiger charge is -2.32. The molecular weight excluding hydrogens is 845 g/mol. The van der Waals surface area contributed by atoms with Crippen molar-refractivity contribution in [3.63, 3.8) is 0 Å². The van der Waals surface area contributed by atoms with Gasteiger partial charge in [0.25, 0.3) is 0 Å². The molecule has 0 spiro atoms. The van der Waals surface area contributed by atoms with E-state index in [1.165, 1.54) is 36.4 Å². The van der Waals surface area contributed by atoms with Crippen molar-refractivity contribution in [1.29, 1.82) is 0 Å². The quantitative estimate of drug-likeness (QED) is 0.0943. The molecule has 8 nitrogen and oxygen atoms in total. The number of hydrogen-bond donors (Lipinski definition) is 2. The van der Waals surface area contributed by atoms with Crippen molar-refractivity contribution in [2.75, 3.05) is 52.5 Å². The van der Waals surface area contributed by atoms with Gasteiger partial charge in [0.1, 0.15) is 48.0 Å². The van der Waals surface area contributed by atoms with Gasteiger partial charge in [-0.15, -0.1) is 0 Å². The highest BCUT2D eigenvalue weighted by molar-refractivity contribution is 5.80. The van der Waals surface area contributed by atoms with Crippen molar-refractivity contribution in [1.82, 2.24) is 20.4 Å². The second-order valence-electron chi connectivity index (χ2n) is 16.6. The van der Waals surface area contributed by atoms with Gasteiger partial charge in [-0.1, -0.05) is 97.1 Å². The van der Waals surface area contributed by atoms with Gasteiger partial charge >= 0.3 is 0 Å². The van der Waals surface area contributed by atoms with Crippen LogP contribution in [0.5, 0.6) is 11.5 Å². The molecule has 2 atom stereocenters. The number of halogens is 4. The van der Waals surface area contributed by atoms with Crippen molar-refractivity contribution in [3.8, 4) is 11.5 Å². The van der Waals surface area contributed by atoms with Gasteiger partial charge in [0.05, 0.1) is 12.1 Å². The molecule has 6 aromatic rings. The Morgan fingerprint density at radius 1 is 0.470 bits per heavy atom. The summed E-state index contributed by atoms with van der Waals surface area (Å²) in [4.78, 5) is 30.8. The smallest absolute Gasteiger partial charge is 0.223 e. The zero-order chi connectivity index (χ0) is 46.1. The average Bonchev–Trinajstić information content (AvgIpc) is 3.35. The Morgan fingerprint density at radius 3 is 1.15 bits per heavy atom. The highest BCUT2D eigenvalue weighted by atomic mass is 19.1. The maximum absolute atomic E-state index is 14.5. The van der Waals surface area contributed by atoms with E-state index in [0.717, 1.165) is 76.5 Å². The fraction of sp³-hybridized carbons (Fsp3) is 0.296. The number of para-hydroxylation sites is 2. The van der Waals surface area contributed by atoms with E-state index in [1.54, 1.807) is 60.7 Å². The lowest BCUT2D eigenvalue weighted by atomic mass is 9.93. The molecule has 2 heterocycles. The van der Waals surface area contributed by atoms with E-state index in [4.69, 9.17) is 9.47 Å². The summed E-state index contributed by atoms with van der Waals surface area (Å²) in [6, 6.07) is 42.5. The van der Waals surface area contributed by atoms with E-state index in [1.807, 2.05) is 60.7 Å². The summed E-state index contributed by atoms with van der Waals surface area (Å²) in [5, 5.41) is 6.03. The molecule has 2 aliphatic rings. The Balaban J connectivity index is 0.000000196. The Labute approximate surface area is 384 Å².